The molecule has 2 aliphatic heterocycles. The Labute approximate surface area is 136 Å². The molecule has 2 saturated heterocycles. The Morgan fingerprint density at radius 3 is 2.62 bits per heavy atom. The summed E-state index contributed by atoms with van der Waals surface area (Å²) in [5.74, 6) is 0.708. The van der Waals surface area contributed by atoms with Crippen LogP contribution in [0.25, 0.3) is 0 Å². The number of nitrogens with zero attached hydrogens (tertiary/aromatic N) is 1. The molecule has 0 aliphatic carbocycles. The van der Waals surface area contributed by atoms with E-state index >= 15 is 0 Å². The molecular weight excluding hydrogens is 307 g/mol. The number of ether oxygens (including phenoxy) is 1. The Morgan fingerprint density at radius 2 is 1.95 bits per heavy atom. The van der Waals surface area contributed by atoms with Crippen molar-refractivity contribution in [1.29, 1.82) is 0 Å². The Hall–Kier alpha value is -0.480. The maximum atomic E-state index is 6.11. The number of fused-ring (bicyclic) bond motifs is 2. The van der Waals surface area contributed by atoms with E-state index in [0.29, 0.717) is 28.4 Å². The van der Waals surface area contributed by atoms with Crippen LogP contribution >= 0.6 is 23.2 Å². The Morgan fingerprint density at radius 1 is 1.24 bits per heavy atom. The monoisotopic (exact) mass is 328 g/mol. The first kappa shape index (κ1) is 15.4. The molecule has 2 atom stereocenters. The molecule has 3 nitrogen and oxygen atoms in total. The van der Waals surface area contributed by atoms with Gasteiger partial charge in [0.1, 0.15) is 12.4 Å². The van der Waals surface area contributed by atoms with Crippen molar-refractivity contribution in [3.63, 3.8) is 0 Å². The molecule has 1 aromatic rings. The first-order valence-electron chi connectivity index (χ1n) is 7.66. The second-order valence-electron chi connectivity index (χ2n) is 6.17. The molecule has 0 saturated carbocycles. The summed E-state index contributed by atoms with van der Waals surface area (Å²) in [6.45, 7) is 1.57. The van der Waals surface area contributed by atoms with Crippen LogP contribution in [0, 0.1) is 0 Å². The van der Waals surface area contributed by atoms with Gasteiger partial charge < -0.3 is 10.1 Å². The standard InChI is InChI=1S/C16H22Cl2N2O/c1-20(14-9-12-3-4-13(10-14)19-12)6-7-21-16-5-2-11(17)8-15(16)18/h2,5,8,12-14,19H,3-4,6-7,9-10H2,1H3. The molecule has 0 spiro atoms. The predicted molar refractivity (Wildman–Crippen MR) is 87.6 cm³/mol. The van der Waals surface area contributed by atoms with Crippen molar-refractivity contribution in [2.45, 2.75) is 43.8 Å². The molecule has 0 radical (unpaired) electrons. The summed E-state index contributed by atoms with van der Waals surface area (Å²) in [4.78, 5) is 2.43. The third-order valence-electron chi connectivity index (χ3n) is 4.67. The fourth-order valence-corrected chi connectivity index (χ4v) is 3.92. The summed E-state index contributed by atoms with van der Waals surface area (Å²) in [6, 6.07) is 7.47. The summed E-state index contributed by atoms with van der Waals surface area (Å²) in [7, 11) is 2.20. The van der Waals surface area contributed by atoms with E-state index in [2.05, 4.69) is 17.3 Å². The van der Waals surface area contributed by atoms with Crippen molar-refractivity contribution in [3.05, 3.63) is 28.2 Å². The van der Waals surface area contributed by atoms with Gasteiger partial charge in [-0.25, -0.2) is 0 Å². The molecule has 21 heavy (non-hydrogen) atoms. The van der Waals surface area contributed by atoms with Gasteiger partial charge in [0.15, 0.2) is 0 Å². The number of nitrogens with one attached hydrogen (secondary N) is 1. The van der Waals surface area contributed by atoms with E-state index in [4.69, 9.17) is 27.9 Å². The SMILES string of the molecule is CN(CCOc1ccc(Cl)cc1Cl)C1CC2CCC(C1)N2. The Kier molecular flexibility index (Phi) is 4.95. The molecule has 1 aromatic carbocycles. The minimum atomic E-state index is 0.574. The number of rotatable bonds is 5. The van der Waals surface area contributed by atoms with Crippen molar-refractivity contribution in [2.75, 3.05) is 20.2 Å². The lowest BCUT2D eigenvalue weighted by Crippen LogP contribution is -2.47. The highest BCUT2D eigenvalue weighted by Crippen LogP contribution is 2.30. The van der Waals surface area contributed by atoms with Gasteiger partial charge in [0, 0.05) is 29.7 Å². The average molecular weight is 329 g/mol. The Bertz CT molecular complexity index is 485. The van der Waals surface area contributed by atoms with E-state index in [9.17, 15) is 0 Å². The highest BCUT2D eigenvalue weighted by molar-refractivity contribution is 6.35. The normalized spacial score (nSPS) is 28.1. The van der Waals surface area contributed by atoms with Gasteiger partial charge in [0.2, 0.25) is 0 Å². The lowest BCUT2D eigenvalue weighted by molar-refractivity contribution is 0.147. The predicted octanol–water partition coefficient (Wildman–Crippen LogP) is 3.59. The molecule has 2 unspecified atom stereocenters. The van der Waals surface area contributed by atoms with E-state index in [1.807, 2.05) is 6.07 Å². The van der Waals surface area contributed by atoms with Gasteiger partial charge in [-0.3, -0.25) is 4.90 Å². The van der Waals surface area contributed by atoms with Gasteiger partial charge in [-0.1, -0.05) is 23.2 Å². The van der Waals surface area contributed by atoms with Crippen molar-refractivity contribution in [1.82, 2.24) is 10.2 Å². The minimum absolute atomic E-state index is 0.574. The van der Waals surface area contributed by atoms with E-state index < -0.39 is 0 Å². The summed E-state index contributed by atoms with van der Waals surface area (Å²) < 4.78 is 5.77. The zero-order chi connectivity index (χ0) is 14.8. The first-order valence-corrected chi connectivity index (χ1v) is 8.41. The van der Waals surface area contributed by atoms with Crippen LogP contribution in [0.5, 0.6) is 5.75 Å². The largest absolute Gasteiger partial charge is 0.491 e. The Balaban J connectivity index is 1.46. The number of hydrogen-bond acceptors (Lipinski definition) is 3. The fourth-order valence-electron chi connectivity index (χ4n) is 3.46. The number of benzene rings is 1. The van der Waals surface area contributed by atoms with Crippen LogP contribution in [-0.4, -0.2) is 43.2 Å². The maximum Gasteiger partial charge on any atom is 0.138 e. The number of halogens is 2. The second-order valence-corrected chi connectivity index (χ2v) is 7.01. The number of likely N-dealkylation sites (N-methyl/N-ethyl adjacent to an activating group) is 1. The van der Waals surface area contributed by atoms with Crippen LogP contribution in [0.15, 0.2) is 18.2 Å². The van der Waals surface area contributed by atoms with Gasteiger partial charge in [0.05, 0.1) is 5.02 Å². The van der Waals surface area contributed by atoms with Crippen LogP contribution < -0.4 is 10.1 Å². The zero-order valence-electron chi connectivity index (χ0n) is 12.3. The highest BCUT2D eigenvalue weighted by atomic mass is 35.5. The van der Waals surface area contributed by atoms with Crippen molar-refractivity contribution < 1.29 is 4.74 Å². The van der Waals surface area contributed by atoms with Crippen LogP contribution in [0.2, 0.25) is 10.0 Å². The molecule has 2 aliphatic rings. The zero-order valence-corrected chi connectivity index (χ0v) is 13.8. The molecule has 0 amide bonds. The minimum Gasteiger partial charge on any atom is -0.491 e. The van der Waals surface area contributed by atoms with Crippen molar-refractivity contribution in [2.24, 2.45) is 0 Å². The molecule has 0 aromatic heterocycles. The molecule has 3 rings (SSSR count). The second kappa shape index (κ2) is 6.74. The third-order valence-corrected chi connectivity index (χ3v) is 5.20. The summed E-state index contributed by atoms with van der Waals surface area (Å²) in [6.07, 6.45) is 5.20. The van der Waals surface area contributed by atoms with Gasteiger partial charge >= 0.3 is 0 Å². The number of piperidine rings is 1. The first-order chi connectivity index (χ1) is 10.1. The smallest absolute Gasteiger partial charge is 0.138 e. The quantitative estimate of drug-likeness (QED) is 0.893. The molecule has 2 bridgehead atoms. The van der Waals surface area contributed by atoms with Gasteiger partial charge in [-0.05, 0) is 50.9 Å². The molecule has 116 valence electrons. The summed E-state index contributed by atoms with van der Waals surface area (Å²) >= 11 is 12.0. The molecule has 2 heterocycles. The van der Waals surface area contributed by atoms with Gasteiger partial charge in [-0.2, -0.15) is 0 Å². The average Bonchev–Trinajstić information content (AvgIpc) is 2.79. The molecular formula is C16H22Cl2N2O. The van der Waals surface area contributed by atoms with Gasteiger partial charge in [-0.15, -0.1) is 0 Å². The van der Waals surface area contributed by atoms with Crippen LogP contribution in [0.1, 0.15) is 25.7 Å². The van der Waals surface area contributed by atoms with E-state index in [1.165, 1.54) is 25.7 Å². The summed E-state index contributed by atoms with van der Waals surface area (Å²) in [5.41, 5.74) is 0. The lowest BCUT2D eigenvalue weighted by atomic mass is 9.99. The molecule has 2 fully saturated rings. The van der Waals surface area contributed by atoms with Crippen LogP contribution in [-0.2, 0) is 0 Å². The molecule has 5 heteroatoms. The van der Waals surface area contributed by atoms with E-state index in [-0.39, 0.29) is 0 Å². The lowest BCUT2D eigenvalue weighted by Gasteiger charge is -2.35. The molecule has 1 N–H and O–H groups in total. The van der Waals surface area contributed by atoms with Crippen molar-refractivity contribution >= 4 is 23.2 Å². The van der Waals surface area contributed by atoms with E-state index in [0.717, 1.165) is 18.6 Å². The number of hydrogen-bond donors (Lipinski definition) is 1. The topological polar surface area (TPSA) is 24.5 Å². The third kappa shape index (κ3) is 3.84. The highest BCUT2D eigenvalue weighted by Gasteiger charge is 2.34. The van der Waals surface area contributed by atoms with Gasteiger partial charge in [0.25, 0.3) is 0 Å². The fraction of sp³-hybridized carbons (Fsp3) is 0.625. The summed E-state index contributed by atoms with van der Waals surface area (Å²) in [5, 5.41) is 4.89. The maximum absolute atomic E-state index is 6.11. The van der Waals surface area contributed by atoms with Crippen LogP contribution in [0.3, 0.4) is 0 Å². The van der Waals surface area contributed by atoms with Crippen molar-refractivity contribution in [3.8, 4) is 5.75 Å². The van der Waals surface area contributed by atoms with Crippen LogP contribution in [0.4, 0.5) is 0 Å². The van der Waals surface area contributed by atoms with E-state index in [1.54, 1.807) is 12.1 Å².